The van der Waals surface area contributed by atoms with E-state index in [1.807, 2.05) is 0 Å². The lowest BCUT2D eigenvalue weighted by molar-refractivity contribution is 0.152. The molecule has 2 heterocycles. The van der Waals surface area contributed by atoms with Crippen molar-refractivity contribution in [2.75, 3.05) is 19.6 Å². The molecule has 0 bridgehead atoms. The maximum absolute atomic E-state index is 12.4. The number of hydrogen-bond acceptors (Lipinski definition) is 4. The molecule has 26 heavy (non-hydrogen) atoms. The summed E-state index contributed by atoms with van der Waals surface area (Å²) in [6.45, 7) is 5.32. The minimum absolute atomic E-state index is 0. The van der Waals surface area contributed by atoms with E-state index in [1.54, 1.807) is 13.2 Å². The van der Waals surface area contributed by atoms with Crippen LogP contribution in [0.2, 0.25) is 0 Å². The molecule has 1 aliphatic rings. The van der Waals surface area contributed by atoms with Crippen LogP contribution in [0.4, 0.5) is 0 Å². The molecule has 1 N–H and O–H groups in total. The van der Waals surface area contributed by atoms with Gasteiger partial charge in [0.15, 0.2) is 0 Å². The van der Waals surface area contributed by atoms with Gasteiger partial charge in [0, 0.05) is 58.1 Å². The van der Waals surface area contributed by atoms with E-state index in [4.69, 9.17) is 0 Å². The van der Waals surface area contributed by atoms with Crippen LogP contribution in [0.1, 0.15) is 29.7 Å². The van der Waals surface area contributed by atoms with E-state index in [0.29, 0.717) is 12.1 Å². The largest absolute Gasteiger partial charge is 0.330 e. The molecule has 1 aliphatic heterocycles. The van der Waals surface area contributed by atoms with E-state index >= 15 is 0 Å². The second kappa shape index (κ2) is 8.66. The van der Waals surface area contributed by atoms with Crippen molar-refractivity contribution < 1.29 is 0 Å². The van der Waals surface area contributed by atoms with Crippen LogP contribution in [-0.2, 0) is 27.1 Å². The standard InChI is InChI=1S/C19H26N4O2.ClH/c1-4-14-5-7-15(8-6-14)17-11-20-9-10-23(17)13-16-12-21(2)19(25)22(3)18(16)24;/h5-8,12,17,20H,4,9-11,13H2,1-3H3;1H. The van der Waals surface area contributed by atoms with E-state index < -0.39 is 0 Å². The molecule has 0 amide bonds. The van der Waals surface area contributed by atoms with Crippen LogP contribution >= 0.6 is 12.4 Å². The molecular formula is C19H27ClN4O2. The number of nitrogens with one attached hydrogen (secondary N) is 1. The Balaban J connectivity index is 0.00000243. The van der Waals surface area contributed by atoms with E-state index in [0.717, 1.165) is 26.1 Å². The lowest BCUT2D eigenvalue weighted by Gasteiger charge is -2.36. The van der Waals surface area contributed by atoms with E-state index in [9.17, 15) is 9.59 Å². The van der Waals surface area contributed by atoms with Gasteiger partial charge in [-0.25, -0.2) is 4.79 Å². The topological polar surface area (TPSA) is 59.3 Å². The quantitative estimate of drug-likeness (QED) is 0.869. The number of hydrogen-bond donors (Lipinski definition) is 1. The van der Waals surface area contributed by atoms with Gasteiger partial charge < -0.3 is 9.88 Å². The summed E-state index contributed by atoms with van der Waals surface area (Å²) in [5, 5.41) is 3.44. The van der Waals surface area contributed by atoms with Gasteiger partial charge in [0.05, 0.1) is 0 Å². The number of rotatable bonds is 4. The van der Waals surface area contributed by atoms with Crippen LogP contribution in [-0.4, -0.2) is 33.7 Å². The first-order valence-electron chi connectivity index (χ1n) is 8.80. The summed E-state index contributed by atoms with van der Waals surface area (Å²) in [5.74, 6) is 0. The van der Waals surface area contributed by atoms with Crippen LogP contribution in [0.25, 0.3) is 0 Å². The van der Waals surface area contributed by atoms with Gasteiger partial charge in [0.25, 0.3) is 5.56 Å². The second-order valence-electron chi connectivity index (χ2n) is 6.70. The van der Waals surface area contributed by atoms with Gasteiger partial charge in [-0.05, 0) is 17.5 Å². The Bertz CT molecular complexity index is 857. The molecule has 0 aliphatic carbocycles. The Hall–Kier alpha value is -1.89. The first kappa shape index (κ1) is 20.4. The maximum atomic E-state index is 12.4. The molecular weight excluding hydrogens is 352 g/mol. The van der Waals surface area contributed by atoms with Gasteiger partial charge >= 0.3 is 5.69 Å². The molecule has 6 nitrogen and oxygen atoms in total. The molecule has 1 aromatic heterocycles. The zero-order valence-electron chi connectivity index (χ0n) is 15.6. The lowest BCUT2D eigenvalue weighted by atomic mass is 10.0. The van der Waals surface area contributed by atoms with Crippen molar-refractivity contribution in [3.05, 3.63) is 68.0 Å². The van der Waals surface area contributed by atoms with Crippen molar-refractivity contribution >= 4 is 12.4 Å². The first-order valence-corrected chi connectivity index (χ1v) is 8.80. The van der Waals surface area contributed by atoms with Gasteiger partial charge in [0.1, 0.15) is 0 Å². The third kappa shape index (κ3) is 4.09. The van der Waals surface area contributed by atoms with Crippen LogP contribution in [0.15, 0.2) is 40.1 Å². The molecule has 1 saturated heterocycles. The fraction of sp³-hybridized carbons (Fsp3) is 0.474. The summed E-state index contributed by atoms with van der Waals surface area (Å²) in [5.41, 5.74) is 2.74. The van der Waals surface area contributed by atoms with Gasteiger partial charge in [0.2, 0.25) is 0 Å². The van der Waals surface area contributed by atoms with Crippen molar-refractivity contribution in [3.63, 3.8) is 0 Å². The van der Waals surface area contributed by atoms with Gasteiger partial charge in [-0.15, -0.1) is 12.4 Å². The van der Waals surface area contributed by atoms with Crippen LogP contribution < -0.4 is 16.6 Å². The molecule has 7 heteroatoms. The molecule has 1 unspecified atom stereocenters. The van der Waals surface area contributed by atoms with E-state index in [-0.39, 0.29) is 29.7 Å². The number of nitrogens with zero attached hydrogens (tertiary/aromatic N) is 3. The molecule has 0 spiro atoms. The smallest absolute Gasteiger partial charge is 0.314 e. The predicted octanol–water partition coefficient (Wildman–Crippen LogP) is 1.21. The number of aromatic nitrogens is 2. The molecule has 2 aromatic rings. The van der Waals surface area contributed by atoms with E-state index in [1.165, 1.54) is 27.3 Å². The highest BCUT2D eigenvalue weighted by molar-refractivity contribution is 5.85. The Morgan fingerprint density at radius 2 is 1.85 bits per heavy atom. The Kier molecular flexibility index (Phi) is 6.81. The van der Waals surface area contributed by atoms with Gasteiger partial charge in [-0.2, -0.15) is 0 Å². The Labute approximate surface area is 159 Å². The lowest BCUT2D eigenvalue weighted by Crippen LogP contribution is -2.47. The SMILES string of the molecule is CCc1ccc(C2CNCCN2Cc2cn(C)c(=O)n(C)c2=O)cc1.Cl. The number of benzene rings is 1. The third-order valence-corrected chi connectivity index (χ3v) is 5.02. The second-order valence-corrected chi connectivity index (χ2v) is 6.70. The Morgan fingerprint density at radius 1 is 1.15 bits per heavy atom. The monoisotopic (exact) mass is 378 g/mol. The maximum Gasteiger partial charge on any atom is 0.330 e. The summed E-state index contributed by atoms with van der Waals surface area (Å²) in [6, 6.07) is 8.94. The molecule has 1 fully saturated rings. The molecule has 0 saturated carbocycles. The minimum Gasteiger partial charge on any atom is -0.314 e. The van der Waals surface area contributed by atoms with Crippen molar-refractivity contribution in [1.29, 1.82) is 0 Å². The van der Waals surface area contributed by atoms with Crippen molar-refractivity contribution in [3.8, 4) is 0 Å². The zero-order valence-corrected chi connectivity index (χ0v) is 16.4. The molecule has 142 valence electrons. The molecule has 1 atom stereocenters. The summed E-state index contributed by atoms with van der Waals surface area (Å²) in [6.07, 6.45) is 2.70. The number of piperazine rings is 1. The first-order chi connectivity index (χ1) is 12.0. The van der Waals surface area contributed by atoms with Crippen molar-refractivity contribution in [2.24, 2.45) is 14.1 Å². The third-order valence-electron chi connectivity index (χ3n) is 5.02. The number of halogens is 1. The fourth-order valence-electron chi connectivity index (χ4n) is 3.45. The Morgan fingerprint density at radius 3 is 2.50 bits per heavy atom. The minimum atomic E-state index is -0.291. The van der Waals surface area contributed by atoms with Crippen molar-refractivity contribution in [2.45, 2.75) is 25.9 Å². The van der Waals surface area contributed by atoms with Crippen LogP contribution in [0.3, 0.4) is 0 Å². The summed E-state index contributed by atoms with van der Waals surface area (Å²) in [4.78, 5) is 26.6. The normalized spacial score (nSPS) is 17.7. The zero-order chi connectivity index (χ0) is 18.0. The molecule has 3 rings (SSSR count). The molecule has 0 radical (unpaired) electrons. The fourth-order valence-corrected chi connectivity index (χ4v) is 3.45. The summed E-state index contributed by atoms with van der Waals surface area (Å²) < 4.78 is 2.66. The van der Waals surface area contributed by atoms with Crippen LogP contribution in [0.5, 0.6) is 0 Å². The van der Waals surface area contributed by atoms with Crippen LogP contribution in [0, 0.1) is 0 Å². The summed E-state index contributed by atoms with van der Waals surface area (Å²) >= 11 is 0. The highest BCUT2D eigenvalue weighted by atomic mass is 35.5. The molecule has 1 aromatic carbocycles. The van der Waals surface area contributed by atoms with Gasteiger partial charge in [-0.1, -0.05) is 31.2 Å². The highest BCUT2D eigenvalue weighted by Crippen LogP contribution is 2.24. The van der Waals surface area contributed by atoms with Crippen molar-refractivity contribution in [1.82, 2.24) is 19.4 Å². The predicted molar refractivity (Wildman–Crippen MR) is 106 cm³/mol. The van der Waals surface area contributed by atoms with Gasteiger partial charge in [-0.3, -0.25) is 14.3 Å². The average Bonchev–Trinajstić information content (AvgIpc) is 2.65. The highest BCUT2D eigenvalue weighted by Gasteiger charge is 2.25. The summed E-state index contributed by atoms with van der Waals surface area (Å²) in [7, 11) is 3.22. The number of aryl methyl sites for hydroxylation is 2. The average molecular weight is 379 g/mol. The van der Waals surface area contributed by atoms with E-state index in [2.05, 4.69) is 41.4 Å².